The van der Waals surface area contributed by atoms with E-state index in [1.807, 2.05) is 55.5 Å². The van der Waals surface area contributed by atoms with Crippen LogP contribution >= 0.6 is 0 Å². The van der Waals surface area contributed by atoms with Crippen molar-refractivity contribution in [2.45, 2.75) is 19.8 Å². The molecule has 0 aromatic heterocycles. The number of hydrogen-bond donors (Lipinski definition) is 3. The number of terminal acetylenes is 1. The number of carbonyl (C=O) groups excluding carboxylic acids is 1. The quantitative estimate of drug-likeness (QED) is 0.322. The highest BCUT2D eigenvalue weighted by Crippen LogP contribution is 2.12. The number of benzene rings is 2. The average Bonchev–Trinajstić information content (AvgIpc) is 2.78. The molecule has 0 fully saturated rings. The molecule has 0 unspecified atom stereocenters. The van der Waals surface area contributed by atoms with Crippen molar-refractivity contribution in [2.24, 2.45) is 4.99 Å². The van der Waals surface area contributed by atoms with Crippen LogP contribution in [0.3, 0.4) is 0 Å². The van der Waals surface area contributed by atoms with Crippen LogP contribution in [0.5, 0.6) is 5.75 Å². The summed E-state index contributed by atoms with van der Waals surface area (Å²) in [6, 6.07) is 15.6. The second-order valence-electron chi connectivity index (χ2n) is 6.60. The van der Waals surface area contributed by atoms with E-state index in [1.165, 1.54) is 5.56 Å². The van der Waals surface area contributed by atoms with E-state index < -0.39 is 0 Å². The Labute approximate surface area is 179 Å². The molecule has 0 saturated heterocycles. The summed E-state index contributed by atoms with van der Waals surface area (Å²) in [5, 5.41) is 9.26. The van der Waals surface area contributed by atoms with Crippen molar-refractivity contribution in [3.8, 4) is 18.1 Å². The smallest absolute Gasteiger partial charge is 0.251 e. The van der Waals surface area contributed by atoms with Gasteiger partial charge < -0.3 is 20.7 Å². The van der Waals surface area contributed by atoms with E-state index in [1.54, 1.807) is 7.05 Å². The molecule has 2 aromatic rings. The van der Waals surface area contributed by atoms with Gasteiger partial charge in [0.25, 0.3) is 5.91 Å². The van der Waals surface area contributed by atoms with Crippen LogP contribution in [-0.4, -0.2) is 45.2 Å². The SMILES string of the molecule is C#CCOc1ccc(CCN=C(NCC)NCCc2cccc(C(=O)NC)c2)cc1. The number of aliphatic imine (C=N–C) groups is 1. The Kier molecular flexibility index (Phi) is 9.81. The van der Waals surface area contributed by atoms with Gasteiger partial charge in [0.1, 0.15) is 12.4 Å². The maximum absolute atomic E-state index is 11.8. The number of ether oxygens (including phenoxy) is 1. The van der Waals surface area contributed by atoms with E-state index >= 15 is 0 Å². The topological polar surface area (TPSA) is 74.8 Å². The molecule has 0 aliphatic heterocycles. The number of nitrogens with zero attached hydrogens (tertiary/aromatic N) is 1. The van der Waals surface area contributed by atoms with Crippen molar-refractivity contribution in [1.29, 1.82) is 0 Å². The lowest BCUT2D eigenvalue weighted by Gasteiger charge is -2.12. The van der Waals surface area contributed by atoms with Crippen LogP contribution in [0, 0.1) is 12.3 Å². The monoisotopic (exact) mass is 406 g/mol. The minimum absolute atomic E-state index is 0.0737. The predicted octanol–water partition coefficient (Wildman–Crippen LogP) is 2.40. The molecule has 30 heavy (non-hydrogen) atoms. The molecule has 2 rings (SSSR count). The third-order valence-electron chi connectivity index (χ3n) is 4.38. The Morgan fingerprint density at radius 1 is 1.10 bits per heavy atom. The molecule has 0 atom stereocenters. The molecule has 1 amide bonds. The Hall–Kier alpha value is -3.46. The van der Waals surface area contributed by atoms with Gasteiger partial charge in [0.05, 0.1) is 0 Å². The number of guanidine groups is 1. The number of nitrogens with one attached hydrogen (secondary N) is 3. The summed E-state index contributed by atoms with van der Waals surface area (Å²) in [5.41, 5.74) is 2.96. The number of rotatable bonds is 10. The lowest BCUT2D eigenvalue weighted by molar-refractivity contribution is 0.0963. The molecular formula is C24H30N4O2. The molecule has 0 aliphatic carbocycles. The molecule has 0 bridgehead atoms. The first-order valence-electron chi connectivity index (χ1n) is 10.1. The molecule has 6 nitrogen and oxygen atoms in total. The summed E-state index contributed by atoms with van der Waals surface area (Å²) in [6.45, 7) is 4.51. The van der Waals surface area contributed by atoms with E-state index in [4.69, 9.17) is 11.2 Å². The highest BCUT2D eigenvalue weighted by atomic mass is 16.5. The maximum Gasteiger partial charge on any atom is 0.251 e. The van der Waals surface area contributed by atoms with Crippen molar-refractivity contribution in [3.63, 3.8) is 0 Å². The van der Waals surface area contributed by atoms with Crippen LogP contribution in [0.15, 0.2) is 53.5 Å². The number of hydrogen-bond acceptors (Lipinski definition) is 3. The van der Waals surface area contributed by atoms with Gasteiger partial charge in [-0.25, -0.2) is 0 Å². The summed E-state index contributed by atoms with van der Waals surface area (Å²) >= 11 is 0. The van der Waals surface area contributed by atoms with Gasteiger partial charge in [-0.3, -0.25) is 9.79 Å². The first-order valence-corrected chi connectivity index (χ1v) is 10.1. The van der Waals surface area contributed by atoms with Crippen LogP contribution in [0.4, 0.5) is 0 Å². The third kappa shape index (κ3) is 7.88. The van der Waals surface area contributed by atoms with Gasteiger partial charge in [0.2, 0.25) is 0 Å². The van der Waals surface area contributed by atoms with E-state index in [0.717, 1.165) is 43.2 Å². The highest BCUT2D eigenvalue weighted by Gasteiger charge is 2.04. The molecule has 0 saturated carbocycles. The van der Waals surface area contributed by atoms with E-state index in [0.29, 0.717) is 12.1 Å². The minimum atomic E-state index is -0.0737. The second-order valence-corrected chi connectivity index (χ2v) is 6.60. The fraction of sp³-hybridized carbons (Fsp3) is 0.333. The zero-order valence-electron chi connectivity index (χ0n) is 17.7. The van der Waals surface area contributed by atoms with Crippen LogP contribution in [0.1, 0.15) is 28.4 Å². The predicted molar refractivity (Wildman–Crippen MR) is 122 cm³/mol. The fourth-order valence-corrected chi connectivity index (χ4v) is 2.85. The molecule has 0 heterocycles. The third-order valence-corrected chi connectivity index (χ3v) is 4.38. The number of amides is 1. The summed E-state index contributed by atoms with van der Waals surface area (Å²) in [5.74, 6) is 3.94. The minimum Gasteiger partial charge on any atom is -0.481 e. The largest absolute Gasteiger partial charge is 0.481 e. The molecule has 6 heteroatoms. The Bertz CT molecular complexity index is 870. The molecule has 3 N–H and O–H groups in total. The standard InChI is InChI=1S/C24H30N4O2/c1-4-17-30-22-11-9-19(10-12-22)13-15-27-24(26-5-2)28-16-14-20-7-6-8-21(18-20)23(29)25-3/h1,6-12,18H,5,13-17H2,2-3H3,(H,25,29)(H2,26,27,28). The normalized spacial score (nSPS) is 10.8. The highest BCUT2D eigenvalue weighted by molar-refractivity contribution is 5.94. The van der Waals surface area contributed by atoms with Gasteiger partial charge in [-0.2, -0.15) is 0 Å². The van der Waals surface area contributed by atoms with Gasteiger partial charge in [-0.1, -0.05) is 30.2 Å². The Morgan fingerprint density at radius 2 is 1.90 bits per heavy atom. The zero-order chi connectivity index (χ0) is 21.6. The van der Waals surface area contributed by atoms with Gasteiger partial charge in [0.15, 0.2) is 5.96 Å². The molecule has 0 spiro atoms. The molecule has 0 radical (unpaired) electrons. The molecule has 2 aromatic carbocycles. The van der Waals surface area contributed by atoms with Gasteiger partial charge in [0, 0.05) is 32.2 Å². The Balaban J connectivity index is 1.83. The van der Waals surface area contributed by atoms with Crippen LogP contribution < -0.4 is 20.7 Å². The fourth-order valence-electron chi connectivity index (χ4n) is 2.85. The van der Waals surface area contributed by atoms with Crippen molar-refractivity contribution < 1.29 is 9.53 Å². The summed E-state index contributed by atoms with van der Waals surface area (Å²) in [4.78, 5) is 16.4. The van der Waals surface area contributed by atoms with Crippen molar-refractivity contribution in [3.05, 3.63) is 65.2 Å². The second kappa shape index (κ2) is 12.9. The van der Waals surface area contributed by atoms with E-state index in [-0.39, 0.29) is 12.5 Å². The zero-order valence-corrected chi connectivity index (χ0v) is 17.7. The molecule has 158 valence electrons. The summed E-state index contributed by atoms with van der Waals surface area (Å²) < 4.78 is 5.39. The van der Waals surface area contributed by atoms with Gasteiger partial charge in [-0.15, -0.1) is 6.42 Å². The molecule has 0 aliphatic rings. The van der Waals surface area contributed by atoms with Crippen LogP contribution in [0.2, 0.25) is 0 Å². The summed E-state index contributed by atoms with van der Waals surface area (Å²) in [7, 11) is 1.64. The first-order chi connectivity index (χ1) is 14.7. The first kappa shape index (κ1) is 22.8. The average molecular weight is 407 g/mol. The van der Waals surface area contributed by atoms with Crippen molar-refractivity contribution in [2.75, 3.05) is 33.3 Å². The maximum atomic E-state index is 11.8. The van der Waals surface area contributed by atoms with Crippen LogP contribution in [0.25, 0.3) is 0 Å². The number of carbonyl (C=O) groups is 1. The lowest BCUT2D eigenvalue weighted by Crippen LogP contribution is -2.38. The van der Waals surface area contributed by atoms with E-state index in [2.05, 4.69) is 26.9 Å². The van der Waals surface area contributed by atoms with Gasteiger partial charge >= 0.3 is 0 Å². The van der Waals surface area contributed by atoms with Crippen LogP contribution in [-0.2, 0) is 12.8 Å². The van der Waals surface area contributed by atoms with E-state index in [9.17, 15) is 4.79 Å². The Morgan fingerprint density at radius 3 is 2.60 bits per heavy atom. The van der Waals surface area contributed by atoms with Crippen molar-refractivity contribution >= 4 is 11.9 Å². The lowest BCUT2D eigenvalue weighted by atomic mass is 10.1. The molecular weight excluding hydrogens is 376 g/mol. The van der Waals surface area contributed by atoms with Crippen molar-refractivity contribution in [1.82, 2.24) is 16.0 Å². The summed E-state index contributed by atoms with van der Waals surface area (Å²) in [6.07, 6.45) is 6.83. The van der Waals surface area contributed by atoms with Gasteiger partial charge in [-0.05, 0) is 55.2 Å².